The number of carbonyl (C=O) groups excluding carboxylic acids is 1. The van der Waals surface area contributed by atoms with Crippen LogP contribution in [0.1, 0.15) is 38.1 Å². The normalized spacial score (nSPS) is 16.4. The highest BCUT2D eigenvalue weighted by atomic mass is 16.2. The highest BCUT2D eigenvalue weighted by Gasteiger charge is 2.27. The van der Waals surface area contributed by atoms with Gasteiger partial charge in [0.2, 0.25) is 0 Å². The van der Waals surface area contributed by atoms with Crippen molar-refractivity contribution in [3.8, 4) is 0 Å². The summed E-state index contributed by atoms with van der Waals surface area (Å²) in [6.45, 7) is 10.3. The van der Waals surface area contributed by atoms with Crippen LogP contribution in [0.15, 0.2) is 36.7 Å². The van der Waals surface area contributed by atoms with E-state index in [4.69, 9.17) is 0 Å². The van der Waals surface area contributed by atoms with Gasteiger partial charge in [0.05, 0.1) is 6.04 Å². The molecule has 25 heavy (non-hydrogen) atoms. The van der Waals surface area contributed by atoms with E-state index in [-0.39, 0.29) is 12.1 Å². The molecule has 1 aliphatic heterocycles. The van der Waals surface area contributed by atoms with E-state index in [2.05, 4.69) is 52.8 Å². The van der Waals surface area contributed by atoms with E-state index in [1.165, 1.54) is 5.69 Å². The number of amides is 2. The highest BCUT2D eigenvalue weighted by molar-refractivity contribution is 5.74. The number of hydrogen-bond acceptors (Lipinski definition) is 3. The average molecular weight is 341 g/mol. The lowest BCUT2D eigenvalue weighted by Gasteiger charge is -2.34. The van der Waals surface area contributed by atoms with E-state index in [9.17, 15) is 4.79 Å². The van der Waals surface area contributed by atoms with Crippen LogP contribution in [0.25, 0.3) is 0 Å². The Hall–Kier alpha value is -2.50. The Morgan fingerprint density at radius 1 is 1.28 bits per heavy atom. The van der Waals surface area contributed by atoms with Crippen LogP contribution in [0, 0.1) is 0 Å². The molecule has 2 aromatic rings. The minimum Gasteiger partial charge on any atom is -0.357 e. The molecule has 0 saturated heterocycles. The van der Waals surface area contributed by atoms with E-state index in [1.54, 1.807) is 0 Å². The first-order chi connectivity index (χ1) is 12.1. The predicted molar refractivity (Wildman–Crippen MR) is 99.6 cm³/mol. The Labute approximate surface area is 149 Å². The van der Waals surface area contributed by atoms with Crippen LogP contribution in [-0.2, 0) is 13.1 Å². The third-order valence-corrected chi connectivity index (χ3v) is 4.94. The number of aromatic nitrogens is 2. The summed E-state index contributed by atoms with van der Waals surface area (Å²) in [7, 11) is 0. The maximum absolute atomic E-state index is 12.6. The first-order valence-corrected chi connectivity index (χ1v) is 9.03. The lowest BCUT2D eigenvalue weighted by molar-refractivity contribution is 0.162. The third-order valence-electron chi connectivity index (χ3n) is 4.94. The van der Waals surface area contributed by atoms with Gasteiger partial charge in [-0.3, -0.25) is 0 Å². The predicted octanol–water partition coefficient (Wildman–Crippen LogP) is 3.02. The van der Waals surface area contributed by atoms with Crippen LogP contribution in [0.2, 0.25) is 0 Å². The molecule has 0 spiro atoms. The molecule has 2 aromatic heterocycles. The van der Waals surface area contributed by atoms with E-state index in [0.29, 0.717) is 6.54 Å². The number of nitrogens with zero attached hydrogens (tertiary/aromatic N) is 4. The fraction of sp³-hybridized carbons (Fsp3) is 0.474. The summed E-state index contributed by atoms with van der Waals surface area (Å²) in [5, 5.41) is 3.02. The van der Waals surface area contributed by atoms with Gasteiger partial charge in [-0.25, -0.2) is 9.78 Å². The van der Waals surface area contributed by atoms with Gasteiger partial charge in [0, 0.05) is 50.8 Å². The summed E-state index contributed by atoms with van der Waals surface area (Å²) in [5.74, 6) is 0.977. The summed E-state index contributed by atoms with van der Waals surface area (Å²) in [6.07, 6.45) is 3.92. The largest absolute Gasteiger partial charge is 0.357 e. The lowest BCUT2D eigenvalue weighted by Crippen LogP contribution is -2.45. The van der Waals surface area contributed by atoms with E-state index in [1.807, 2.05) is 29.3 Å². The third kappa shape index (κ3) is 3.62. The second-order valence-electron chi connectivity index (χ2n) is 6.35. The van der Waals surface area contributed by atoms with Gasteiger partial charge in [-0.15, -0.1) is 0 Å². The fourth-order valence-electron chi connectivity index (χ4n) is 3.39. The number of rotatable bonds is 5. The van der Waals surface area contributed by atoms with Gasteiger partial charge < -0.3 is 19.7 Å². The Balaban J connectivity index is 1.57. The molecule has 0 saturated carbocycles. The molecule has 1 atom stereocenters. The van der Waals surface area contributed by atoms with Gasteiger partial charge in [0.25, 0.3) is 0 Å². The Kier molecular flexibility index (Phi) is 5.26. The van der Waals surface area contributed by atoms with Crippen molar-refractivity contribution >= 4 is 11.8 Å². The fourth-order valence-corrected chi connectivity index (χ4v) is 3.39. The number of urea groups is 1. The van der Waals surface area contributed by atoms with Gasteiger partial charge in [-0.05, 0) is 44.5 Å². The number of nitrogens with one attached hydrogen (secondary N) is 1. The summed E-state index contributed by atoms with van der Waals surface area (Å²) < 4.78 is 2.21. The Bertz CT molecular complexity index is 705. The minimum absolute atomic E-state index is 0.0206. The molecule has 0 aliphatic carbocycles. The topological polar surface area (TPSA) is 53.4 Å². The van der Waals surface area contributed by atoms with E-state index in [0.717, 1.165) is 37.6 Å². The molecule has 6 nitrogen and oxygen atoms in total. The number of hydrogen-bond donors (Lipinski definition) is 1. The first-order valence-electron chi connectivity index (χ1n) is 9.03. The highest BCUT2D eigenvalue weighted by Crippen LogP contribution is 2.25. The van der Waals surface area contributed by atoms with Crippen LogP contribution in [-0.4, -0.2) is 40.1 Å². The molecule has 3 rings (SSSR count). The number of carbonyl (C=O) groups is 1. The van der Waals surface area contributed by atoms with Crippen molar-refractivity contribution in [3.63, 3.8) is 0 Å². The minimum atomic E-state index is -0.0206. The van der Waals surface area contributed by atoms with E-state index < -0.39 is 0 Å². The van der Waals surface area contributed by atoms with Crippen LogP contribution in [0.3, 0.4) is 0 Å². The SMILES string of the molecule is CCN(CC)c1ccc(CNC(=O)N2CCn3cccc3[C@@H]2C)cn1. The van der Waals surface area contributed by atoms with Crippen molar-refractivity contribution in [2.75, 3.05) is 24.5 Å². The molecule has 0 fully saturated rings. The molecule has 0 radical (unpaired) electrons. The second-order valence-corrected chi connectivity index (χ2v) is 6.35. The number of pyridine rings is 1. The van der Waals surface area contributed by atoms with Crippen LogP contribution in [0.4, 0.5) is 10.6 Å². The summed E-state index contributed by atoms with van der Waals surface area (Å²) in [6, 6.07) is 8.24. The first kappa shape index (κ1) is 17.3. The van der Waals surface area contributed by atoms with Crippen molar-refractivity contribution in [1.29, 1.82) is 0 Å². The van der Waals surface area contributed by atoms with Crippen molar-refractivity contribution in [3.05, 3.63) is 47.9 Å². The standard InChI is InChI=1S/C19H27N5O/c1-4-22(5-2)18-9-8-16(13-20-18)14-21-19(25)24-12-11-23-10-6-7-17(23)15(24)3/h6-10,13,15H,4-5,11-12,14H2,1-3H3,(H,21,25)/t15-/m0/s1. The summed E-state index contributed by atoms with van der Waals surface area (Å²) in [5.41, 5.74) is 2.20. The molecule has 0 bridgehead atoms. The maximum Gasteiger partial charge on any atom is 0.318 e. The molecule has 6 heteroatoms. The molecule has 134 valence electrons. The molecule has 3 heterocycles. The molecular weight excluding hydrogens is 314 g/mol. The Morgan fingerprint density at radius 3 is 2.76 bits per heavy atom. The molecule has 2 amide bonds. The molecule has 0 unspecified atom stereocenters. The summed E-state index contributed by atoms with van der Waals surface area (Å²) >= 11 is 0. The van der Waals surface area contributed by atoms with Gasteiger partial charge in [0.1, 0.15) is 5.82 Å². The van der Waals surface area contributed by atoms with Crippen molar-refractivity contribution in [1.82, 2.24) is 19.8 Å². The zero-order valence-electron chi connectivity index (χ0n) is 15.3. The van der Waals surface area contributed by atoms with Gasteiger partial charge in [-0.2, -0.15) is 0 Å². The lowest BCUT2D eigenvalue weighted by atomic mass is 10.1. The van der Waals surface area contributed by atoms with Gasteiger partial charge in [-0.1, -0.05) is 6.07 Å². The Morgan fingerprint density at radius 2 is 2.08 bits per heavy atom. The average Bonchev–Trinajstić information content (AvgIpc) is 3.12. The molecular formula is C19H27N5O. The quantitative estimate of drug-likeness (QED) is 0.909. The number of fused-ring (bicyclic) bond motifs is 1. The molecule has 1 N–H and O–H groups in total. The van der Waals surface area contributed by atoms with Gasteiger partial charge >= 0.3 is 6.03 Å². The van der Waals surface area contributed by atoms with Crippen molar-refractivity contribution in [2.45, 2.75) is 39.9 Å². The van der Waals surface area contributed by atoms with Crippen molar-refractivity contribution in [2.24, 2.45) is 0 Å². The zero-order chi connectivity index (χ0) is 17.8. The maximum atomic E-state index is 12.6. The monoisotopic (exact) mass is 341 g/mol. The summed E-state index contributed by atoms with van der Waals surface area (Å²) in [4.78, 5) is 21.2. The van der Waals surface area contributed by atoms with Gasteiger partial charge in [0.15, 0.2) is 0 Å². The molecule has 0 aromatic carbocycles. The van der Waals surface area contributed by atoms with Crippen LogP contribution >= 0.6 is 0 Å². The van der Waals surface area contributed by atoms with Crippen molar-refractivity contribution < 1.29 is 4.79 Å². The smallest absolute Gasteiger partial charge is 0.318 e. The zero-order valence-corrected chi connectivity index (χ0v) is 15.3. The number of anilines is 1. The van der Waals surface area contributed by atoms with Crippen LogP contribution in [0.5, 0.6) is 0 Å². The van der Waals surface area contributed by atoms with Crippen LogP contribution < -0.4 is 10.2 Å². The second kappa shape index (κ2) is 7.59. The molecule has 1 aliphatic rings. The van der Waals surface area contributed by atoms with E-state index >= 15 is 0 Å².